The second-order valence-corrected chi connectivity index (χ2v) is 6.51. The molecule has 0 spiro atoms. The molecule has 2 rings (SSSR count). The molecule has 108 valence electrons. The molecule has 11 heteroatoms. The van der Waals surface area contributed by atoms with Crippen LogP contribution >= 0.6 is 11.8 Å². The van der Waals surface area contributed by atoms with Crippen LogP contribution in [0.15, 0.2) is 11.5 Å². The summed E-state index contributed by atoms with van der Waals surface area (Å²) in [5.74, 6) is -2.42. The third kappa shape index (κ3) is 2.48. The first kappa shape index (κ1) is 14.3. The molecule has 0 aliphatic carbocycles. The molecule has 1 saturated heterocycles. The third-order valence-electron chi connectivity index (χ3n) is 2.62. The Morgan fingerprint density at radius 2 is 2.11 bits per heavy atom. The number of carbonyl (C=O) groups is 1. The fourth-order valence-corrected chi connectivity index (χ4v) is 3.45. The maximum Gasteiger partial charge on any atom is 0.534 e. The number of nitrogens with zero attached hydrogens (tertiary/aromatic N) is 1. The molecule has 0 radical (unpaired) electrons. The van der Waals surface area contributed by atoms with Gasteiger partial charge in [-0.2, -0.15) is 21.6 Å². The molecule has 0 bridgehead atoms. The van der Waals surface area contributed by atoms with E-state index in [0.29, 0.717) is 13.0 Å². The monoisotopic (exact) mass is 319 g/mol. The molecule has 1 unspecified atom stereocenters. The Morgan fingerprint density at radius 3 is 2.53 bits per heavy atom. The molecule has 19 heavy (non-hydrogen) atoms. The number of carboxylic acid groups (broad SMARTS) is 1. The van der Waals surface area contributed by atoms with Crippen LogP contribution in [0.3, 0.4) is 0 Å². The summed E-state index contributed by atoms with van der Waals surface area (Å²) in [5.41, 5.74) is -6.09. The number of rotatable bonds is 3. The molecule has 6 nitrogen and oxygen atoms in total. The number of aliphatic carboxylic acids is 1. The van der Waals surface area contributed by atoms with Gasteiger partial charge in [-0.25, -0.2) is 4.79 Å². The molecule has 1 atom stereocenters. The van der Waals surface area contributed by atoms with Crippen LogP contribution in [-0.2, 0) is 19.1 Å². The van der Waals surface area contributed by atoms with Gasteiger partial charge in [0, 0.05) is 6.54 Å². The van der Waals surface area contributed by atoms with E-state index >= 15 is 0 Å². The van der Waals surface area contributed by atoms with Gasteiger partial charge in [-0.05, 0) is 6.42 Å². The van der Waals surface area contributed by atoms with Gasteiger partial charge in [0.2, 0.25) is 0 Å². The standard InChI is InChI=1S/C8H8F3NO5S2/c9-8(10,11)19(15,16)17-4-3-18-5-1-2-12(5)6(4)7(13)14/h5H,1-3H2,(H,13,14). The van der Waals surface area contributed by atoms with E-state index in [1.807, 2.05) is 0 Å². The molecule has 2 aliphatic heterocycles. The highest BCUT2D eigenvalue weighted by molar-refractivity contribution is 8.00. The molecule has 0 amide bonds. The Hall–Kier alpha value is -1.10. The highest BCUT2D eigenvalue weighted by Crippen LogP contribution is 2.40. The summed E-state index contributed by atoms with van der Waals surface area (Å²) in [5, 5.41) is 8.82. The Labute approximate surface area is 110 Å². The smallest absolute Gasteiger partial charge is 0.476 e. The molecular formula is C8H8F3NO5S2. The average molecular weight is 319 g/mol. The van der Waals surface area contributed by atoms with Crippen LogP contribution in [0.4, 0.5) is 13.2 Å². The summed E-state index contributed by atoms with van der Waals surface area (Å²) in [7, 11) is -5.84. The van der Waals surface area contributed by atoms with Crippen molar-refractivity contribution in [3.63, 3.8) is 0 Å². The van der Waals surface area contributed by atoms with Crippen LogP contribution in [0.1, 0.15) is 6.42 Å². The molecule has 0 aromatic rings. The minimum absolute atomic E-state index is 0.146. The van der Waals surface area contributed by atoms with Crippen molar-refractivity contribution in [3.8, 4) is 0 Å². The van der Waals surface area contributed by atoms with Crippen LogP contribution < -0.4 is 0 Å². The summed E-state index contributed by atoms with van der Waals surface area (Å²) < 4.78 is 62.3. The van der Waals surface area contributed by atoms with Crippen molar-refractivity contribution in [3.05, 3.63) is 11.5 Å². The van der Waals surface area contributed by atoms with E-state index in [0.717, 1.165) is 11.8 Å². The Balaban J connectivity index is 2.34. The molecule has 0 saturated carbocycles. The Bertz CT molecular complexity index is 541. The van der Waals surface area contributed by atoms with Gasteiger partial charge in [0.15, 0.2) is 11.5 Å². The predicted octanol–water partition coefficient (Wildman–Crippen LogP) is 0.927. The molecule has 2 heterocycles. The zero-order chi connectivity index (χ0) is 14.4. The van der Waals surface area contributed by atoms with Gasteiger partial charge in [-0.1, -0.05) is 0 Å². The third-order valence-corrected chi connectivity index (χ3v) is 4.91. The van der Waals surface area contributed by atoms with E-state index in [9.17, 15) is 26.4 Å². The SMILES string of the molecule is O=C(O)C1=C(OS(=O)(=O)C(F)(F)F)CSC2CCN12. The lowest BCUT2D eigenvalue weighted by Crippen LogP contribution is -2.50. The number of hydrogen-bond acceptors (Lipinski definition) is 6. The number of fused-ring (bicyclic) bond motifs is 1. The summed E-state index contributed by atoms with van der Waals surface area (Å²) in [6.07, 6.45) is 0.695. The van der Waals surface area contributed by atoms with E-state index in [-0.39, 0.29) is 11.1 Å². The average Bonchev–Trinajstić information content (AvgIpc) is 2.19. The lowest BCUT2D eigenvalue weighted by molar-refractivity contribution is -0.135. The van der Waals surface area contributed by atoms with Gasteiger partial charge in [-0.15, -0.1) is 11.8 Å². The Morgan fingerprint density at radius 1 is 1.47 bits per heavy atom. The van der Waals surface area contributed by atoms with Crippen LogP contribution in [0, 0.1) is 0 Å². The van der Waals surface area contributed by atoms with Crippen LogP contribution in [0.5, 0.6) is 0 Å². The van der Waals surface area contributed by atoms with E-state index in [4.69, 9.17) is 5.11 Å². The number of thioether (sulfide) groups is 1. The van der Waals surface area contributed by atoms with E-state index < -0.39 is 33.1 Å². The molecule has 1 fully saturated rings. The van der Waals surface area contributed by atoms with Gasteiger partial charge in [-0.3, -0.25) is 0 Å². The first-order chi connectivity index (χ1) is 8.63. The highest BCUT2D eigenvalue weighted by atomic mass is 32.2. The zero-order valence-corrected chi connectivity index (χ0v) is 10.8. The highest BCUT2D eigenvalue weighted by Gasteiger charge is 2.50. The summed E-state index contributed by atoms with van der Waals surface area (Å²) in [6.45, 7) is 0.345. The largest absolute Gasteiger partial charge is 0.534 e. The molecule has 1 N–H and O–H groups in total. The number of halogens is 3. The predicted molar refractivity (Wildman–Crippen MR) is 58.3 cm³/mol. The molecular weight excluding hydrogens is 311 g/mol. The number of hydrogen-bond donors (Lipinski definition) is 1. The molecule has 2 aliphatic rings. The lowest BCUT2D eigenvalue weighted by atomic mass is 10.1. The van der Waals surface area contributed by atoms with Crippen molar-refractivity contribution in [2.75, 3.05) is 12.3 Å². The van der Waals surface area contributed by atoms with Crippen molar-refractivity contribution in [2.45, 2.75) is 17.3 Å². The normalized spacial score (nSPS) is 23.7. The van der Waals surface area contributed by atoms with E-state index in [2.05, 4.69) is 4.18 Å². The zero-order valence-electron chi connectivity index (χ0n) is 9.18. The van der Waals surface area contributed by atoms with Crippen molar-refractivity contribution in [2.24, 2.45) is 0 Å². The van der Waals surface area contributed by atoms with Crippen LogP contribution in [-0.4, -0.2) is 47.6 Å². The maximum absolute atomic E-state index is 12.2. The van der Waals surface area contributed by atoms with Crippen molar-refractivity contribution in [1.29, 1.82) is 0 Å². The number of alkyl halides is 3. The van der Waals surface area contributed by atoms with Crippen molar-refractivity contribution < 1.29 is 35.7 Å². The van der Waals surface area contributed by atoms with E-state index in [1.54, 1.807) is 0 Å². The quantitative estimate of drug-likeness (QED) is 0.612. The maximum atomic E-state index is 12.2. The van der Waals surface area contributed by atoms with Crippen LogP contribution in [0.25, 0.3) is 0 Å². The number of carboxylic acids is 1. The minimum atomic E-state index is -5.84. The van der Waals surface area contributed by atoms with Gasteiger partial charge in [0.25, 0.3) is 0 Å². The fraction of sp³-hybridized carbons (Fsp3) is 0.625. The Kier molecular flexibility index (Phi) is 3.37. The van der Waals surface area contributed by atoms with Gasteiger partial charge >= 0.3 is 21.6 Å². The first-order valence-electron chi connectivity index (χ1n) is 4.99. The molecule has 0 aromatic heterocycles. The first-order valence-corrected chi connectivity index (χ1v) is 7.44. The minimum Gasteiger partial charge on any atom is -0.476 e. The van der Waals surface area contributed by atoms with Crippen molar-refractivity contribution in [1.82, 2.24) is 4.90 Å². The second-order valence-electron chi connectivity index (χ2n) is 3.81. The fourth-order valence-electron chi connectivity index (χ4n) is 1.68. The molecule has 0 aromatic carbocycles. The van der Waals surface area contributed by atoms with Gasteiger partial charge in [0.05, 0.1) is 11.1 Å². The summed E-state index contributed by atoms with van der Waals surface area (Å²) >= 11 is 1.14. The summed E-state index contributed by atoms with van der Waals surface area (Å²) in [6, 6.07) is 0. The van der Waals surface area contributed by atoms with Gasteiger partial charge < -0.3 is 14.2 Å². The van der Waals surface area contributed by atoms with E-state index in [1.165, 1.54) is 4.90 Å². The topological polar surface area (TPSA) is 83.9 Å². The van der Waals surface area contributed by atoms with Crippen LogP contribution in [0.2, 0.25) is 0 Å². The van der Waals surface area contributed by atoms with Crippen molar-refractivity contribution >= 4 is 27.8 Å². The lowest BCUT2D eigenvalue weighted by Gasteiger charge is -2.45. The van der Waals surface area contributed by atoms with Gasteiger partial charge in [0.1, 0.15) is 0 Å². The summed E-state index contributed by atoms with van der Waals surface area (Å²) in [4.78, 5) is 12.3. The second kappa shape index (κ2) is 4.47.